The predicted molar refractivity (Wildman–Crippen MR) is 71.4 cm³/mol. The Bertz CT molecular complexity index is 490. The molecule has 1 rings (SSSR count). The van der Waals surface area contributed by atoms with E-state index in [2.05, 4.69) is 5.32 Å². The molecule has 0 heterocycles. The van der Waals surface area contributed by atoms with Gasteiger partial charge in [0.05, 0.1) is 12.7 Å². The van der Waals surface area contributed by atoms with Crippen LogP contribution in [0.1, 0.15) is 36.5 Å². The molecule has 0 saturated carbocycles. The number of ether oxygens (including phenoxy) is 1. The summed E-state index contributed by atoms with van der Waals surface area (Å²) in [6, 6.07) is 3.12. The molecule has 0 aliphatic rings. The third-order valence-corrected chi connectivity index (χ3v) is 2.88. The van der Waals surface area contributed by atoms with E-state index in [0.717, 1.165) is 6.42 Å². The lowest BCUT2D eigenvalue weighted by molar-refractivity contribution is -0.139. The lowest BCUT2D eigenvalue weighted by atomic mass is 10.1. The minimum Gasteiger partial charge on any atom is -0.494 e. The topological polar surface area (TPSA) is 75.6 Å². The number of carboxylic acids is 1. The molecule has 6 heteroatoms. The molecule has 0 saturated heterocycles. The lowest BCUT2D eigenvalue weighted by Gasteiger charge is -2.15. The zero-order valence-electron chi connectivity index (χ0n) is 11.5. The van der Waals surface area contributed by atoms with Crippen LogP contribution >= 0.6 is 0 Å². The minimum atomic E-state index is -1.13. The molecular formula is C14H18FNO4. The van der Waals surface area contributed by atoms with Gasteiger partial charge in [0.1, 0.15) is 6.04 Å². The quantitative estimate of drug-likeness (QED) is 0.804. The molecule has 0 spiro atoms. The Hall–Kier alpha value is -2.11. The summed E-state index contributed by atoms with van der Waals surface area (Å²) in [6.45, 7) is 1.92. The first kappa shape index (κ1) is 15.9. The smallest absolute Gasteiger partial charge is 0.326 e. The highest BCUT2D eigenvalue weighted by Gasteiger charge is 2.22. The van der Waals surface area contributed by atoms with Gasteiger partial charge in [0.2, 0.25) is 0 Å². The zero-order valence-corrected chi connectivity index (χ0v) is 11.5. The van der Waals surface area contributed by atoms with Crippen LogP contribution in [0, 0.1) is 5.82 Å². The van der Waals surface area contributed by atoms with Crippen molar-refractivity contribution >= 4 is 11.9 Å². The van der Waals surface area contributed by atoms with Crippen LogP contribution in [0.5, 0.6) is 5.75 Å². The van der Waals surface area contributed by atoms with Crippen molar-refractivity contribution < 1.29 is 23.8 Å². The van der Waals surface area contributed by atoms with Gasteiger partial charge in [-0.05, 0) is 18.6 Å². The molecule has 0 fully saturated rings. The van der Waals surface area contributed by atoms with Gasteiger partial charge in [-0.15, -0.1) is 0 Å². The standard InChI is InChI=1S/C14H18FNO4/c1-3-4-7-10(14(18)19)16-13(17)9-6-5-8-11(20-2)12(9)15/h5-6,8,10H,3-4,7H2,1-2H3,(H,16,17)(H,18,19). The molecule has 0 aliphatic heterocycles. The number of benzene rings is 1. The predicted octanol–water partition coefficient (Wildman–Crippen LogP) is 2.21. The number of amides is 1. The van der Waals surface area contributed by atoms with Crippen LogP contribution in [0.2, 0.25) is 0 Å². The van der Waals surface area contributed by atoms with Crippen LogP contribution in [-0.4, -0.2) is 30.1 Å². The first-order chi connectivity index (χ1) is 9.51. The normalized spacial score (nSPS) is 11.8. The summed E-state index contributed by atoms with van der Waals surface area (Å²) in [5.74, 6) is -2.75. The number of nitrogens with one attached hydrogen (secondary N) is 1. The zero-order chi connectivity index (χ0) is 15.1. The minimum absolute atomic E-state index is 0.0573. The molecule has 110 valence electrons. The summed E-state index contributed by atoms with van der Waals surface area (Å²) in [4.78, 5) is 23.0. The van der Waals surface area contributed by atoms with Crippen molar-refractivity contribution in [1.29, 1.82) is 0 Å². The molecule has 1 atom stereocenters. The lowest BCUT2D eigenvalue weighted by Crippen LogP contribution is -2.41. The maximum atomic E-state index is 13.9. The molecule has 1 aromatic rings. The maximum absolute atomic E-state index is 13.9. The second-order valence-corrected chi connectivity index (χ2v) is 4.33. The summed E-state index contributed by atoms with van der Waals surface area (Å²) >= 11 is 0. The fourth-order valence-corrected chi connectivity index (χ4v) is 1.75. The highest BCUT2D eigenvalue weighted by molar-refractivity contribution is 5.97. The van der Waals surface area contributed by atoms with Gasteiger partial charge in [0.15, 0.2) is 11.6 Å². The Balaban J connectivity index is 2.86. The van der Waals surface area contributed by atoms with E-state index in [1.165, 1.54) is 25.3 Å². The number of aliphatic carboxylic acids is 1. The van der Waals surface area contributed by atoms with Crippen molar-refractivity contribution in [2.24, 2.45) is 0 Å². The highest BCUT2D eigenvalue weighted by atomic mass is 19.1. The third kappa shape index (κ3) is 3.94. The molecular weight excluding hydrogens is 265 g/mol. The van der Waals surface area contributed by atoms with Gasteiger partial charge < -0.3 is 15.2 Å². The third-order valence-electron chi connectivity index (χ3n) is 2.88. The fraction of sp³-hybridized carbons (Fsp3) is 0.429. The van der Waals surface area contributed by atoms with E-state index in [-0.39, 0.29) is 11.3 Å². The van der Waals surface area contributed by atoms with Gasteiger partial charge in [-0.1, -0.05) is 25.8 Å². The summed E-state index contributed by atoms with van der Waals surface area (Å²) in [5, 5.41) is 11.4. The molecule has 20 heavy (non-hydrogen) atoms. The molecule has 0 aliphatic carbocycles. The van der Waals surface area contributed by atoms with Gasteiger partial charge >= 0.3 is 5.97 Å². The van der Waals surface area contributed by atoms with Crippen LogP contribution in [0.15, 0.2) is 18.2 Å². The summed E-state index contributed by atoms with van der Waals surface area (Å²) < 4.78 is 18.7. The summed E-state index contributed by atoms with van der Waals surface area (Å²) in [5.41, 5.74) is -0.230. The second-order valence-electron chi connectivity index (χ2n) is 4.33. The Labute approximate surface area is 116 Å². The number of hydrogen-bond donors (Lipinski definition) is 2. The van der Waals surface area contributed by atoms with E-state index >= 15 is 0 Å². The van der Waals surface area contributed by atoms with Gasteiger partial charge in [-0.2, -0.15) is 0 Å². The highest BCUT2D eigenvalue weighted by Crippen LogP contribution is 2.20. The Morgan fingerprint density at radius 3 is 2.70 bits per heavy atom. The van der Waals surface area contributed by atoms with E-state index in [1.807, 2.05) is 6.92 Å². The molecule has 1 amide bonds. The summed E-state index contributed by atoms with van der Waals surface area (Å²) in [6.07, 6.45) is 1.79. The van der Waals surface area contributed by atoms with Gasteiger partial charge in [-0.25, -0.2) is 9.18 Å². The van der Waals surface area contributed by atoms with Crippen molar-refractivity contribution in [2.75, 3.05) is 7.11 Å². The Morgan fingerprint density at radius 2 is 2.15 bits per heavy atom. The molecule has 5 nitrogen and oxygen atoms in total. The van der Waals surface area contributed by atoms with Gasteiger partial charge in [-0.3, -0.25) is 4.79 Å². The van der Waals surface area contributed by atoms with Crippen molar-refractivity contribution in [3.05, 3.63) is 29.6 Å². The van der Waals surface area contributed by atoms with E-state index in [0.29, 0.717) is 12.8 Å². The first-order valence-electron chi connectivity index (χ1n) is 6.37. The SMILES string of the molecule is CCCCC(NC(=O)c1cccc(OC)c1F)C(=O)O. The van der Waals surface area contributed by atoms with Crippen molar-refractivity contribution in [3.63, 3.8) is 0 Å². The molecule has 1 unspecified atom stereocenters. The number of carbonyl (C=O) groups is 2. The first-order valence-corrected chi connectivity index (χ1v) is 6.37. The summed E-state index contributed by atoms with van der Waals surface area (Å²) in [7, 11) is 1.29. The monoisotopic (exact) mass is 283 g/mol. The molecule has 0 radical (unpaired) electrons. The number of methoxy groups -OCH3 is 1. The van der Waals surface area contributed by atoms with Crippen LogP contribution in [0.25, 0.3) is 0 Å². The molecule has 1 aromatic carbocycles. The molecule has 0 aromatic heterocycles. The Kier molecular flexibility index (Phi) is 5.96. The van der Waals surface area contributed by atoms with E-state index in [9.17, 15) is 14.0 Å². The number of hydrogen-bond acceptors (Lipinski definition) is 3. The largest absolute Gasteiger partial charge is 0.494 e. The fourth-order valence-electron chi connectivity index (χ4n) is 1.75. The van der Waals surface area contributed by atoms with Crippen LogP contribution < -0.4 is 10.1 Å². The van der Waals surface area contributed by atoms with Crippen LogP contribution in [-0.2, 0) is 4.79 Å². The van der Waals surface area contributed by atoms with Crippen molar-refractivity contribution in [2.45, 2.75) is 32.2 Å². The number of unbranched alkanes of at least 4 members (excludes halogenated alkanes) is 1. The van der Waals surface area contributed by atoms with Crippen LogP contribution in [0.4, 0.5) is 4.39 Å². The van der Waals surface area contributed by atoms with Crippen molar-refractivity contribution in [3.8, 4) is 5.75 Å². The van der Waals surface area contributed by atoms with Crippen LogP contribution in [0.3, 0.4) is 0 Å². The average Bonchev–Trinajstić information content (AvgIpc) is 2.43. The number of rotatable bonds is 7. The van der Waals surface area contributed by atoms with Crippen molar-refractivity contribution in [1.82, 2.24) is 5.32 Å². The molecule has 2 N–H and O–H groups in total. The van der Waals surface area contributed by atoms with Gasteiger partial charge in [0.25, 0.3) is 5.91 Å². The van der Waals surface area contributed by atoms with E-state index < -0.39 is 23.7 Å². The number of halogens is 1. The average molecular weight is 283 g/mol. The Morgan fingerprint density at radius 1 is 1.45 bits per heavy atom. The van der Waals surface area contributed by atoms with Gasteiger partial charge in [0, 0.05) is 0 Å². The number of carboxylic acid groups (broad SMARTS) is 1. The van der Waals surface area contributed by atoms with E-state index in [1.54, 1.807) is 0 Å². The van der Waals surface area contributed by atoms with E-state index in [4.69, 9.17) is 9.84 Å². The number of carbonyl (C=O) groups excluding carboxylic acids is 1. The maximum Gasteiger partial charge on any atom is 0.326 e. The molecule has 0 bridgehead atoms. The second kappa shape index (κ2) is 7.47.